The van der Waals surface area contributed by atoms with Gasteiger partial charge in [0.1, 0.15) is 23.4 Å². The van der Waals surface area contributed by atoms with Gasteiger partial charge >= 0.3 is 5.97 Å². The van der Waals surface area contributed by atoms with E-state index in [1.54, 1.807) is 19.1 Å². The standard InChI is InChI=1S/C12H13N3O4/c1-7-2-3-10(19-7)9(16)5-15-11-6-13-8(4-14-11)12(17)18/h2-4,6,9,16H,5H2,1H3,(H,14,15)(H,17,18). The maximum absolute atomic E-state index is 10.6. The fraction of sp³-hybridized carbons (Fsp3) is 0.250. The molecule has 3 N–H and O–H groups in total. The minimum absolute atomic E-state index is 0.132. The Bertz CT molecular complexity index is 565. The zero-order chi connectivity index (χ0) is 13.8. The van der Waals surface area contributed by atoms with Crippen LogP contribution in [0.15, 0.2) is 28.9 Å². The molecule has 7 heteroatoms. The number of aromatic nitrogens is 2. The fourth-order valence-electron chi connectivity index (χ4n) is 1.46. The normalized spacial score (nSPS) is 12.1. The molecule has 2 rings (SSSR count). The largest absolute Gasteiger partial charge is 0.476 e. The number of aromatic carboxylic acids is 1. The van der Waals surface area contributed by atoms with E-state index >= 15 is 0 Å². The number of aryl methyl sites for hydroxylation is 1. The SMILES string of the molecule is Cc1ccc(C(O)CNc2cnc(C(=O)O)cn2)o1. The maximum atomic E-state index is 10.6. The predicted octanol–water partition coefficient (Wildman–Crippen LogP) is 1.22. The van der Waals surface area contributed by atoms with Gasteiger partial charge in [0.15, 0.2) is 5.69 Å². The highest BCUT2D eigenvalue weighted by atomic mass is 16.4. The molecule has 2 aromatic rings. The van der Waals surface area contributed by atoms with E-state index in [9.17, 15) is 9.90 Å². The lowest BCUT2D eigenvalue weighted by molar-refractivity contribution is 0.0690. The highest BCUT2D eigenvalue weighted by Gasteiger charge is 2.12. The summed E-state index contributed by atoms with van der Waals surface area (Å²) in [6.45, 7) is 1.98. The minimum Gasteiger partial charge on any atom is -0.476 e. The number of nitrogens with zero attached hydrogens (tertiary/aromatic N) is 2. The van der Waals surface area contributed by atoms with E-state index in [0.29, 0.717) is 11.6 Å². The number of aliphatic hydroxyl groups is 1. The van der Waals surface area contributed by atoms with E-state index in [0.717, 1.165) is 12.0 Å². The lowest BCUT2D eigenvalue weighted by Gasteiger charge is -2.09. The van der Waals surface area contributed by atoms with Crippen LogP contribution >= 0.6 is 0 Å². The summed E-state index contributed by atoms with van der Waals surface area (Å²) in [5.74, 6) is 0.428. The molecule has 0 aromatic carbocycles. The van der Waals surface area contributed by atoms with Gasteiger partial charge in [-0.05, 0) is 19.1 Å². The van der Waals surface area contributed by atoms with E-state index in [1.807, 2.05) is 0 Å². The summed E-state index contributed by atoms with van der Waals surface area (Å²) in [4.78, 5) is 18.2. The van der Waals surface area contributed by atoms with E-state index in [-0.39, 0.29) is 12.2 Å². The van der Waals surface area contributed by atoms with Gasteiger partial charge in [-0.1, -0.05) is 0 Å². The second-order valence-electron chi connectivity index (χ2n) is 3.94. The smallest absolute Gasteiger partial charge is 0.356 e. The quantitative estimate of drug-likeness (QED) is 0.744. The molecule has 2 heterocycles. The first-order valence-corrected chi connectivity index (χ1v) is 5.60. The molecule has 100 valence electrons. The predicted molar refractivity (Wildman–Crippen MR) is 65.9 cm³/mol. The van der Waals surface area contributed by atoms with Crippen LogP contribution in [0.5, 0.6) is 0 Å². The molecule has 0 spiro atoms. The van der Waals surface area contributed by atoms with Gasteiger partial charge in [-0.25, -0.2) is 14.8 Å². The van der Waals surface area contributed by atoms with Crippen molar-refractivity contribution in [3.8, 4) is 0 Å². The van der Waals surface area contributed by atoms with Gasteiger partial charge in [0.25, 0.3) is 0 Å². The van der Waals surface area contributed by atoms with Gasteiger partial charge in [-0.3, -0.25) is 0 Å². The Morgan fingerprint density at radius 2 is 2.21 bits per heavy atom. The Kier molecular flexibility index (Phi) is 3.76. The van der Waals surface area contributed by atoms with Crippen molar-refractivity contribution in [2.45, 2.75) is 13.0 Å². The average molecular weight is 263 g/mol. The van der Waals surface area contributed by atoms with Gasteiger partial charge in [-0.15, -0.1) is 0 Å². The fourth-order valence-corrected chi connectivity index (χ4v) is 1.46. The Morgan fingerprint density at radius 3 is 2.74 bits per heavy atom. The number of hydrogen-bond acceptors (Lipinski definition) is 6. The van der Waals surface area contributed by atoms with Gasteiger partial charge in [0, 0.05) is 6.54 Å². The van der Waals surface area contributed by atoms with Gasteiger partial charge in [-0.2, -0.15) is 0 Å². The van der Waals surface area contributed by atoms with Crippen LogP contribution in [-0.4, -0.2) is 32.7 Å². The summed E-state index contributed by atoms with van der Waals surface area (Å²) < 4.78 is 5.28. The molecule has 0 amide bonds. The number of aliphatic hydroxyl groups excluding tert-OH is 1. The van der Waals surface area contributed by atoms with E-state index in [1.165, 1.54) is 6.20 Å². The highest BCUT2D eigenvalue weighted by Crippen LogP contribution is 2.16. The van der Waals surface area contributed by atoms with Crippen LogP contribution in [0.3, 0.4) is 0 Å². The minimum atomic E-state index is -1.13. The van der Waals surface area contributed by atoms with Crippen molar-refractivity contribution in [2.75, 3.05) is 11.9 Å². The number of nitrogens with one attached hydrogen (secondary N) is 1. The Labute approximate surface area is 108 Å². The summed E-state index contributed by atoms with van der Waals surface area (Å²) in [6.07, 6.45) is 1.63. The second kappa shape index (κ2) is 5.49. The number of carboxylic acids is 1. The van der Waals surface area contributed by atoms with Crippen molar-refractivity contribution in [3.05, 3.63) is 41.7 Å². The van der Waals surface area contributed by atoms with E-state index in [2.05, 4.69) is 15.3 Å². The number of anilines is 1. The molecule has 0 aliphatic rings. The number of rotatable bonds is 5. The summed E-state index contributed by atoms with van der Waals surface area (Å²) in [6, 6.07) is 3.46. The number of furan rings is 1. The zero-order valence-electron chi connectivity index (χ0n) is 10.2. The topological polar surface area (TPSA) is 108 Å². The van der Waals surface area contributed by atoms with Crippen LogP contribution in [0.4, 0.5) is 5.82 Å². The number of hydrogen-bond donors (Lipinski definition) is 3. The van der Waals surface area contributed by atoms with Crippen molar-refractivity contribution in [1.29, 1.82) is 0 Å². The molecule has 2 aromatic heterocycles. The van der Waals surface area contributed by atoms with Crippen molar-refractivity contribution < 1.29 is 19.4 Å². The van der Waals surface area contributed by atoms with Gasteiger partial charge < -0.3 is 19.9 Å². The Balaban J connectivity index is 1.93. The summed E-state index contributed by atoms with van der Waals surface area (Å²) in [5.41, 5.74) is -0.132. The third-order valence-corrected chi connectivity index (χ3v) is 2.44. The van der Waals surface area contributed by atoms with Crippen LogP contribution in [0.25, 0.3) is 0 Å². The number of carboxylic acid groups (broad SMARTS) is 1. The molecule has 7 nitrogen and oxygen atoms in total. The molecule has 0 bridgehead atoms. The van der Waals surface area contributed by atoms with Crippen molar-refractivity contribution in [1.82, 2.24) is 9.97 Å². The Morgan fingerprint density at radius 1 is 1.42 bits per heavy atom. The molecule has 0 saturated heterocycles. The lowest BCUT2D eigenvalue weighted by atomic mass is 10.3. The Hall–Kier alpha value is -2.41. The summed E-state index contributed by atoms with van der Waals surface area (Å²) in [7, 11) is 0. The van der Waals surface area contributed by atoms with Crippen molar-refractivity contribution in [2.24, 2.45) is 0 Å². The summed E-state index contributed by atoms with van der Waals surface area (Å²) in [5, 5.41) is 21.4. The summed E-state index contributed by atoms with van der Waals surface area (Å²) >= 11 is 0. The first-order valence-electron chi connectivity index (χ1n) is 5.60. The van der Waals surface area contributed by atoms with Crippen LogP contribution in [-0.2, 0) is 0 Å². The van der Waals surface area contributed by atoms with E-state index in [4.69, 9.17) is 9.52 Å². The average Bonchev–Trinajstić information content (AvgIpc) is 2.83. The first kappa shape index (κ1) is 13.0. The molecule has 1 atom stereocenters. The molecule has 1 unspecified atom stereocenters. The van der Waals surface area contributed by atoms with Crippen LogP contribution in [0.1, 0.15) is 28.1 Å². The molecule has 19 heavy (non-hydrogen) atoms. The monoisotopic (exact) mass is 263 g/mol. The van der Waals surface area contributed by atoms with Crippen LogP contribution < -0.4 is 5.32 Å². The molecule has 0 fully saturated rings. The molecular weight excluding hydrogens is 250 g/mol. The molecule has 0 radical (unpaired) electrons. The number of carbonyl (C=O) groups is 1. The van der Waals surface area contributed by atoms with Gasteiger partial charge in [0.05, 0.1) is 12.4 Å². The lowest BCUT2D eigenvalue weighted by Crippen LogP contribution is -2.13. The second-order valence-corrected chi connectivity index (χ2v) is 3.94. The van der Waals surface area contributed by atoms with E-state index < -0.39 is 12.1 Å². The molecule has 0 saturated carbocycles. The van der Waals surface area contributed by atoms with Crippen molar-refractivity contribution >= 4 is 11.8 Å². The molecule has 0 aliphatic heterocycles. The first-order chi connectivity index (χ1) is 9.06. The maximum Gasteiger partial charge on any atom is 0.356 e. The van der Waals surface area contributed by atoms with Crippen LogP contribution in [0.2, 0.25) is 0 Å². The third kappa shape index (κ3) is 3.29. The van der Waals surface area contributed by atoms with Crippen LogP contribution in [0, 0.1) is 6.92 Å². The zero-order valence-corrected chi connectivity index (χ0v) is 10.2. The third-order valence-electron chi connectivity index (χ3n) is 2.44. The molecular formula is C12H13N3O4. The van der Waals surface area contributed by atoms with Crippen molar-refractivity contribution in [3.63, 3.8) is 0 Å². The molecule has 0 aliphatic carbocycles. The highest BCUT2D eigenvalue weighted by molar-refractivity contribution is 5.84. The van der Waals surface area contributed by atoms with Gasteiger partial charge in [0.2, 0.25) is 0 Å².